The summed E-state index contributed by atoms with van der Waals surface area (Å²) >= 11 is 1.29. The SMILES string of the molecule is COC1(C)CCCN(Cc2nnsc2NN)C1. The van der Waals surface area contributed by atoms with E-state index in [1.807, 2.05) is 0 Å². The number of rotatable bonds is 4. The van der Waals surface area contributed by atoms with E-state index in [9.17, 15) is 0 Å². The van der Waals surface area contributed by atoms with Crippen molar-refractivity contribution in [3.8, 4) is 0 Å². The van der Waals surface area contributed by atoms with Crippen molar-refractivity contribution in [2.45, 2.75) is 31.9 Å². The van der Waals surface area contributed by atoms with Crippen LogP contribution >= 0.6 is 11.5 Å². The molecule has 2 heterocycles. The Morgan fingerprint density at radius 3 is 3.18 bits per heavy atom. The number of nitrogens with one attached hydrogen (secondary N) is 1. The van der Waals surface area contributed by atoms with Gasteiger partial charge in [-0.25, -0.2) is 5.84 Å². The van der Waals surface area contributed by atoms with Gasteiger partial charge in [0.05, 0.1) is 5.60 Å². The Kier molecular flexibility index (Phi) is 3.93. The number of hydrogen-bond acceptors (Lipinski definition) is 7. The van der Waals surface area contributed by atoms with Crippen molar-refractivity contribution in [2.75, 3.05) is 25.6 Å². The molecule has 1 fully saturated rings. The van der Waals surface area contributed by atoms with Crippen LogP contribution in [0.4, 0.5) is 5.00 Å². The zero-order valence-corrected chi connectivity index (χ0v) is 11.1. The third kappa shape index (κ3) is 2.92. The first-order chi connectivity index (χ1) is 8.17. The van der Waals surface area contributed by atoms with E-state index >= 15 is 0 Å². The van der Waals surface area contributed by atoms with Gasteiger partial charge >= 0.3 is 0 Å². The Morgan fingerprint density at radius 2 is 2.47 bits per heavy atom. The van der Waals surface area contributed by atoms with Crippen molar-refractivity contribution in [3.63, 3.8) is 0 Å². The topological polar surface area (TPSA) is 76.3 Å². The number of hydrazine groups is 1. The smallest absolute Gasteiger partial charge is 0.148 e. The Labute approximate surface area is 105 Å². The van der Waals surface area contributed by atoms with E-state index in [0.717, 1.165) is 43.2 Å². The average molecular weight is 257 g/mol. The van der Waals surface area contributed by atoms with Gasteiger partial charge in [-0.1, -0.05) is 4.49 Å². The number of nitrogens with zero attached hydrogens (tertiary/aromatic N) is 3. The Morgan fingerprint density at radius 1 is 1.65 bits per heavy atom. The summed E-state index contributed by atoms with van der Waals surface area (Å²) in [5.41, 5.74) is 3.51. The Hall–Kier alpha value is -0.760. The molecule has 0 aliphatic carbocycles. The number of methoxy groups -OCH3 is 1. The van der Waals surface area contributed by atoms with Gasteiger partial charge in [0.2, 0.25) is 0 Å². The van der Waals surface area contributed by atoms with Crippen LogP contribution in [0.25, 0.3) is 0 Å². The molecule has 0 aromatic carbocycles. The summed E-state index contributed by atoms with van der Waals surface area (Å²) in [6, 6.07) is 0. The summed E-state index contributed by atoms with van der Waals surface area (Å²) in [5, 5.41) is 4.94. The van der Waals surface area contributed by atoms with Crippen LogP contribution in [0.2, 0.25) is 0 Å². The number of hydrogen-bond donors (Lipinski definition) is 2. The van der Waals surface area contributed by atoms with E-state index in [1.54, 1.807) is 7.11 Å². The molecule has 1 aliphatic rings. The summed E-state index contributed by atoms with van der Waals surface area (Å²) < 4.78 is 9.48. The molecular weight excluding hydrogens is 238 g/mol. The second kappa shape index (κ2) is 5.26. The molecule has 0 radical (unpaired) electrons. The normalized spacial score (nSPS) is 26.1. The van der Waals surface area contributed by atoms with Crippen LogP contribution in [-0.4, -0.2) is 40.3 Å². The second-order valence-electron chi connectivity index (χ2n) is 4.66. The molecule has 7 heteroatoms. The van der Waals surface area contributed by atoms with E-state index in [-0.39, 0.29) is 5.60 Å². The molecule has 0 bridgehead atoms. The molecule has 1 aromatic rings. The number of nitrogen functional groups attached to an aromatic ring is 1. The van der Waals surface area contributed by atoms with Gasteiger partial charge in [0.1, 0.15) is 10.7 Å². The van der Waals surface area contributed by atoms with Gasteiger partial charge in [-0.2, -0.15) is 0 Å². The third-order valence-electron chi connectivity index (χ3n) is 3.29. The molecule has 1 aromatic heterocycles. The van der Waals surface area contributed by atoms with Crippen LogP contribution in [0.3, 0.4) is 0 Å². The lowest BCUT2D eigenvalue weighted by atomic mass is 9.95. The fourth-order valence-electron chi connectivity index (χ4n) is 2.24. The highest BCUT2D eigenvalue weighted by molar-refractivity contribution is 7.10. The first-order valence-electron chi connectivity index (χ1n) is 5.72. The maximum absolute atomic E-state index is 5.57. The van der Waals surface area contributed by atoms with Crippen molar-refractivity contribution in [2.24, 2.45) is 5.84 Å². The molecule has 0 amide bonds. The molecule has 1 atom stereocenters. The minimum absolute atomic E-state index is 0.0436. The maximum Gasteiger partial charge on any atom is 0.148 e. The van der Waals surface area contributed by atoms with Crippen molar-refractivity contribution < 1.29 is 4.74 Å². The number of likely N-dealkylation sites (tertiary alicyclic amines) is 1. The van der Waals surface area contributed by atoms with Gasteiger partial charge in [0.25, 0.3) is 0 Å². The van der Waals surface area contributed by atoms with Gasteiger partial charge in [-0.15, -0.1) is 5.10 Å². The minimum atomic E-state index is -0.0436. The molecule has 2 rings (SSSR count). The molecule has 1 unspecified atom stereocenters. The molecule has 96 valence electrons. The van der Waals surface area contributed by atoms with E-state index in [4.69, 9.17) is 10.6 Å². The summed E-state index contributed by atoms with van der Waals surface area (Å²) in [6.07, 6.45) is 2.25. The number of nitrogens with two attached hydrogens (primary N) is 1. The second-order valence-corrected chi connectivity index (χ2v) is 5.42. The van der Waals surface area contributed by atoms with Gasteiger partial charge < -0.3 is 10.2 Å². The molecule has 3 N–H and O–H groups in total. The molecule has 17 heavy (non-hydrogen) atoms. The number of aromatic nitrogens is 2. The number of piperidine rings is 1. The van der Waals surface area contributed by atoms with E-state index in [1.165, 1.54) is 11.5 Å². The monoisotopic (exact) mass is 257 g/mol. The number of anilines is 1. The van der Waals surface area contributed by atoms with Crippen LogP contribution in [0.1, 0.15) is 25.5 Å². The molecule has 1 saturated heterocycles. The molecule has 1 aliphatic heterocycles. The lowest BCUT2D eigenvalue weighted by Crippen LogP contribution is -2.47. The van der Waals surface area contributed by atoms with Crippen LogP contribution in [0.15, 0.2) is 0 Å². The number of ether oxygens (including phenoxy) is 1. The van der Waals surface area contributed by atoms with Gasteiger partial charge in [0, 0.05) is 31.7 Å². The quantitative estimate of drug-likeness (QED) is 0.614. The molecule has 0 saturated carbocycles. The van der Waals surface area contributed by atoms with Crippen LogP contribution in [0.5, 0.6) is 0 Å². The van der Waals surface area contributed by atoms with Crippen molar-refractivity contribution in [1.29, 1.82) is 0 Å². The van der Waals surface area contributed by atoms with Crippen LogP contribution < -0.4 is 11.3 Å². The largest absolute Gasteiger partial charge is 0.377 e. The Balaban J connectivity index is 1.99. The van der Waals surface area contributed by atoms with Crippen LogP contribution in [0, 0.1) is 0 Å². The lowest BCUT2D eigenvalue weighted by molar-refractivity contribution is -0.0529. The molecule has 0 spiro atoms. The summed E-state index contributed by atoms with van der Waals surface area (Å²) in [7, 11) is 1.78. The highest BCUT2D eigenvalue weighted by atomic mass is 32.1. The highest BCUT2D eigenvalue weighted by Crippen LogP contribution is 2.26. The predicted octanol–water partition coefficient (Wildman–Crippen LogP) is 0.825. The fraction of sp³-hybridized carbons (Fsp3) is 0.800. The molecular formula is C10H19N5OS. The minimum Gasteiger partial charge on any atom is -0.377 e. The molecule has 6 nitrogen and oxygen atoms in total. The predicted molar refractivity (Wildman–Crippen MR) is 67.6 cm³/mol. The zero-order chi connectivity index (χ0) is 12.3. The highest BCUT2D eigenvalue weighted by Gasteiger charge is 2.31. The Bertz CT molecular complexity index is 371. The van der Waals surface area contributed by atoms with E-state index < -0.39 is 0 Å². The fourth-order valence-corrected chi connectivity index (χ4v) is 2.73. The summed E-state index contributed by atoms with van der Waals surface area (Å²) in [5.74, 6) is 5.42. The average Bonchev–Trinajstić information content (AvgIpc) is 2.76. The third-order valence-corrected chi connectivity index (χ3v) is 3.99. The van der Waals surface area contributed by atoms with E-state index in [2.05, 4.69) is 26.8 Å². The summed E-state index contributed by atoms with van der Waals surface area (Å²) in [4.78, 5) is 2.34. The zero-order valence-electron chi connectivity index (χ0n) is 10.3. The first-order valence-corrected chi connectivity index (χ1v) is 6.49. The summed E-state index contributed by atoms with van der Waals surface area (Å²) in [6.45, 7) is 4.92. The first kappa shape index (κ1) is 12.7. The van der Waals surface area contributed by atoms with Crippen molar-refractivity contribution >= 4 is 16.5 Å². The maximum atomic E-state index is 5.57. The lowest BCUT2D eigenvalue weighted by Gasteiger charge is -2.39. The van der Waals surface area contributed by atoms with Gasteiger partial charge in [-0.3, -0.25) is 4.90 Å². The van der Waals surface area contributed by atoms with Crippen molar-refractivity contribution in [1.82, 2.24) is 14.5 Å². The van der Waals surface area contributed by atoms with Crippen molar-refractivity contribution in [3.05, 3.63) is 5.69 Å². The van der Waals surface area contributed by atoms with Gasteiger partial charge in [0.15, 0.2) is 0 Å². The van der Waals surface area contributed by atoms with Gasteiger partial charge in [-0.05, 0) is 26.3 Å². The van der Waals surface area contributed by atoms with Crippen LogP contribution in [-0.2, 0) is 11.3 Å². The van der Waals surface area contributed by atoms with E-state index in [0.29, 0.717) is 0 Å². The standard InChI is InChI=1S/C10H19N5OS/c1-10(16-2)4-3-5-15(7-10)6-8-9(12-11)17-14-13-8/h12H,3-7,11H2,1-2H3.